The standard InChI is InChI=1S/C12H22N4O/c1-8(2)12(4,11(13)17)14-6-10-7-16(5)15-9(10)3/h7-8,14H,6H2,1-5H3,(H2,13,17). The highest BCUT2D eigenvalue weighted by Gasteiger charge is 2.34. The Morgan fingerprint density at radius 2 is 2.24 bits per heavy atom. The van der Waals surface area contributed by atoms with Gasteiger partial charge in [0, 0.05) is 25.4 Å². The second-order valence-electron chi connectivity index (χ2n) is 4.99. The molecule has 0 radical (unpaired) electrons. The summed E-state index contributed by atoms with van der Waals surface area (Å²) >= 11 is 0. The number of amides is 1. The lowest BCUT2D eigenvalue weighted by molar-refractivity contribution is -0.125. The molecule has 0 saturated heterocycles. The molecular formula is C12H22N4O. The van der Waals surface area contributed by atoms with E-state index in [1.54, 1.807) is 4.68 Å². The van der Waals surface area contributed by atoms with Crippen LogP contribution in [0.15, 0.2) is 6.20 Å². The van der Waals surface area contributed by atoms with Gasteiger partial charge < -0.3 is 5.73 Å². The lowest BCUT2D eigenvalue weighted by Crippen LogP contribution is -2.56. The molecule has 5 nitrogen and oxygen atoms in total. The van der Waals surface area contributed by atoms with Crippen LogP contribution in [0.1, 0.15) is 32.0 Å². The van der Waals surface area contributed by atoms with Crippen molar-refractivity contribution in [2.45, 2.75) is 39.8 Å². The molecule has 1 aromatic rings. The first-order valence-electron chi connectivity index (χ1n) is 5.81. The molecule has 0 saturated carbocycles. The van der Waals surface area contributed by atoms with Gasteiger partial charge in [-0.3, -0.25) is 14.8 Å². The van der Waals surface area contributed by atoms with Gasteiger partial charge in [0.15, 0.2) is 0 Å². The van der Waals surface area contributed by atoms with E-state index >= 15 is 0 Å². The SMILES string of the molecule is Cc1nn(C)cc1CNC(C)(C(N)=O)C(C)C. The van der Waals surface area contributed by atoms with E-state index in [1.165, 1.54) is 0 Å². The molecule has 96 valence electrons. The molecule has 1 heterocycles. The van der Waals surface area contributed by atoms with Gasteiger partial charge in [-0.1, -0.05) is 13.8 Å². The van der Waals surface area contributed by atoms with Crippen molar-refractivity contribution in [2.24, 2.45) is 18.7 Å². The first-order valence-corrected chi connectivity index (χ1v) is 5.81. The second-order valence-corrected chi connectivity index (χ2v) is 4.99. The molecule has 0 aliphatic heterocycles. The van der Waals surface area contributed by atoms with Gasteiger partial charge in [-0.25, -0.2) is 0 Å². The van der Waals surface area contributed by atoms with E-state index in [2.05, 4.69) is 10.4 Å². The van der Waals surface area contributed by atoms with Crippen molar-refractivity contribution >= 4 is 5.91 Å². The van der Waals surface area contributed by atoms with Crippen LogP contribution in [0.5, 0.6) is 0 Å². The smallest absolute Gasteiger partial charge is 0.237 e. The zero-order chi connectivity index (χ0) is 13.2. The lowest BCUT2D eigenvalue weighted by Gasteiger charge is -2.31. The summed E-state index contributed by atoms with van der Waals surface area (Å²) in [6.45, 7) is 8.35. The first kappa shape index (κ1) is 13.7. The third-order valence-electron chi connectivity index (χ3n) is 3.43. The Morgan fingerprint density at radius 3 is 2.59 bits per heavy atom. The lowest BCUT2D eigenvalue weighted by atomic mass is 9.87. The number of hydrogen-bond donors (Lipinski definition) is 2. The van der Waals surface area contributed by atoms with Crippen LogP contribution in [-0.2, 0) is 18.4 Å². The van der Waals surface area contributed by atoms with E-state index in [4.69, 9.17) is 5.73 Å². The molecule has 0 spiro atoms. The van der Waals surface area contributed by atoms with Crippen molar-refractivity contribution in [3.05, 3.63) is 17.5 Å². The van der Waals surface area contributed by atoms with Gasteiger partial charge in [0.25, 0.3) is 0 Å². The Balaban J connectivity index is 2.78. The summed E-state index contributed by atoms with van der Waals surface area (Å²) in [5, 5.41) is 7.50. The number of carbonyl (C=O) groups is 1. The number of nitrogens with two attached hydrogens (primary N) is 1. The number of nitrogens with one attached hydrogen (secondary N) is 1. The highest BCUT2D eigenvalue weighted by molar-refractivity contribution is 5.84. The third kappa shape index (κ3) is 2.85. The molecule has 1 amide bonds. The van der Waals surface area contributed by atoms with Crippen LogP contribution >= 0.6 is 0 Å². The molecule has 0 aliphatic carbocycles. The van der Waals surface area contributed by atoms with Crippen molar-refractivity contribution in [1.29, 1.82) is 0 Å². The largest absolute Gasteiger partial charge is 0.368 e. The number of rotatable bonds is 5. The number of hydrogen-bond acceptors (Lipinski definition) is 3. The Bertz CT molecular complexity index is 411. The molecule has 1 aromatic heterocycles. The van der Waals surface area contributed by atoms with E-state index in [9.17, 15) is 4.79 Å². The Kier molecular flexibility index (Phi) is 3.93. The first-order chi connectivity index (χ1) is 7.77. The average molecular weight is 238 g/mol. The minimum atomic E-state index is -0.692. The molecule has 1 rings (SSSR count). The maximum atomic E-state index is 11.5. The molecule has 5 heteroatoms. The third-order valence-corrected chi connectivity index (χ3v) is 3.43. The maximum absolute atomic E-state index is 11.5. The van der Waals surface area contributed by atoms with E-state index in [0.717, 1.165) is 11.3 Å². The zero-order valence-corrected chi connectivity index (χ0v) is 11.2. The number of primary amides is 1. The summed E-state index contributed by atoms with van der Waals surface area (Å²) in [5.41, 5.74) is 6.82. The van der Waals surface area contributed by atoms with Crippen molar-refractivity contribution < 1.29 is 4.79 Å². The van der Waals surface area contributed by atoms with E-state index in [-0.39, 0.29) is 11.8 Å². The fraction of sp³-hybridized carbons (Fsp3) is 0.667. The van der Waals surface area contributed by atoms with Crippen molar-refractivity contribution in [3.8, 4) is 0 Å². The minimum absolute atomic E-state index is 0.136. The Hall–Kier alpha value is -1.36. The van der Waals surface area contributed by atoms with Gasteiger partial charge in [-0.2, -0.15) is 5.10 Å². The highest BCUT2D eigenvalue weighted by atomic mass is 16.1. The van der Waals surface area contributed by atoms with E-state index < -0.39 is 5.54 Å². The normalized spacial score (nSPS) is 14.9. The summed E-state index contributed by atoms with van der Waals surface area (Å²) < 4.78 is 1.77. The van der Waals surface area contributed by atoms with Crippen LogP contribution in [-0.4, -0.2) is 21.2 Å². The molecule has 17 heavy (non-hydrogen) atoms. The Labute approximate surface area is 102 Å². The molecule has 1 unspecified atom stereocenters. The van der Waals surface area contributed by atoms with Crippen molar-refractivity contribution in [2.75, 3.05) is 0 Å². The van der Waals surface area contributed by atoms with Crippen LogP contribution in [0, 0.1) is 12.8 Å². The molecule has 0 aromatic carbocycles. The van der Waals surface area contributed by atoms with Crippen molar-refractivity contribution in [1.82, 2.24) is 15.1 Å². The van der Waals surface area contributed by atoms with E-state index in [1.807, 2.05) is 40.9 Å². The molecular weight excluding hydrogens is 216 g/mol. The van der Waals surface area contributed by atoms with Gasteiger partial charge >= 0.3 is 0 Å². The topological polar surface area (TPSA) is 72.9 Å². The molecule has 0 bridgehead atoms. The summed E-state index contributed by atoms with van der Waals surface area (Å²) in [5.74, 6) is -0.189. The number of nitrogens with zero attached hydrogens (tertiary/aromatic N) is 2. The Morgan fingerprint density at radius 1 is 1.65 bits per heavy atom. The average Bonchev–Trinajstić information content (AvgIpc) is 2.53. The molecule has 0 aliphatic rings. The zero-order valence-electron chi connectivity index (χ0n) is 11.2. The predicted octanol–water partition coefficient (Wildman–Crippen LogP) is 0.718. The highest BCUT2D eigenvalue weighted by Crippen LogP contribution is 2.17. The number of aromatic nitrogens is 2. The predicted molar refractivity (Wildman–Crippen MR) is 67.2 cm³/mol. The van der Waals surface area contributed by atoms with Crippen LogP contribution in [0.25, 0.3) is 0 Å². The summed E-state index contributed by atoms with van der Waals surface area (Å²) in [6, 6.07) is 0. The van der Waals surface area contributed by atoms with Gasteiger partial charge in [-0.15, -0.1) is 0 Å². The molecule has 1 atom stereocenters. The van der Waals surface area contributed by atoms with Crippen LogP contribution in [0.4, 0.5) is 0 Å². The molecule has 3 N–H and O–H groups in total. The quantitative estimate of drug-likeness (QED) is 0.794. The monoisotopic (exact) mass is 238 g/mol. The maximum Gasteiger partial charge on any atom is 0.237 e. The molecule has 0 fully saturated rings. The van der Waals surface area contributed by atoms with Gasteiger partial charge in [0.2, 0.25) is 5.91 Å². The fourth-order valence-electron chi connectivity index (χ4n) is 1.68. The minimum Gasteiger partial charge on any atom is -0.368 e. The van der Waals surface area contributed by atoms with E-state index in [0.29, 0.717) is 6.54 Å². The van der Waals surface area contributed by atoms with Crippen LogP contribution in [0.3, 0.4) is 0 Å². The number of carbonyl (C=O) groups excluding carboxylic acids is 1. The van der Waals surface area contributed by atoms with Crippen LogP contribution < -0.4 is 11.1 Å². The van der Waals surface area contributed by atoms with Crippen molar-refractivity contribution in [3.63, 3.8) is 0 Å². The van der Waals surface area contributed by atoms with Gasteiger partial charge in [0.05, 0.1) is 11.2 Å². The number of aryl methyl sites for hydroxylation is 2. The fourth-order valence-corrected chi connectivity index (χ4v) is 1.68. The van der Waals surface area contributed by atoms with Gasteiger partial charge in [0.1, 0.15) is 0 Å². The summed E-state index contributed by atoms with van der Waals surface area (Å²) in [7, 11) is 1.88. The summed E-state index contributed by atoms with van der Waals surface area (Å²) in [4.78, 5) is 11.5. The van der Waals surface area contributed by atoms with Crippen LogP contribution in [0.2, 0.25) is 0 Å². The summed E-state index contributed by atoms with van der Waals surface area (Å²) in [6.07, 6.45) is 1.95. The second kappa shape index (κ2) is 4.87. The van der Waals surface area contributed by atoms with Gasteiger partial charge in [-0.05, 0) is 19.8 Å².